The first-order valence-electron chi connectivity index (χ1n) is 4.10. The Morgan fingerprint density at radius 2 is 2.21 bits per heavy atom. The number of nitrogens with one attached hydrogen (secondary N) is 1. The van der Waals surface area contributed by atoms with E-state index < -0.39 is 5.97 Å². The highest BCUT2D eigenvalue weighted by Gasteiger charge is 2.05. The van der Waals surface area contributed by atoms with Crippen molar-refractivity contribution >= 4 is 11.7 Å². The first-order chi connectivity index (χ1) is 6.61. The predicted octanol–water partition coefficient (Wildman–Crippen LogP) is 0.149. The summed E-state index contributed by atoms with van der Waals surface area (Å²) < 4.78 is 0. The van der Waals surface area contributed by atoms with Crippen LogP contribution in [0.25, 0.3) is 0 Å². The molecule has 0 aliphatic rings. The quantitative estimate of drug-likeness (QED) is 0.514. The lowest BCUT2D eigenvalue weighted by molar-refractivity contribution is -0.136. The van der Waals surface area contributed by atoms with Gasteiger partial charge in [0.05, 0.1) is 6.54 Å². The fourth-order valence-corrected chi connectivity index (χ4v) is 1.08. The molecule has 5 N–H and O–H groups in total. The molecule has 0 aliphatic carbocycles. The van der Waals surface area contributed by atoms with Crippen LogP contribution >= 0.6 is 0 Å². The van der Waals surface area contributed by atoms with Gasteiger partial charge in [-0.25, -0.2) is 0 Å². The summed E-state index contributed by atoms with van der Waals surface area (Å²) in [4.78, 5) is 10.2. The zero-order valence-electron chi connectivity index (χ0n) is 7.53. The number of carboxylic acids is 1. The third kappa shape index (κ3) is 2.63. The predicted molar refractivity (Wildman–Crippen MR) is 51.9 cm³/mol. The van der Waals surface area contributed by atoms with Crippen molar-refractivity contribution in [2.24, 2.45) is 0 Å². The molecule has 14 heavy (non-hydrogen) atoms. The van der Waals surface area contributed by atoms with Gasteiger partial charge in [0.15, 0.2) is 0 Å². The minimum Gasteiger partial charge on any atom is -0.508 e. The Balaban J connectivity index is 2.62. The second-order valence-corrected chi connectivity index (χ2v) is 2.84. The summed E-state index contributed by atoms with van der Waals surface area (Å²) in [6, 6.07) is 4.79. The summed E-state index contributed by atoms with van der Waals surface area (Å²) in [5.41, 5.74) is 6.56. The molecule has 0 spiro atoms. The molecule has 0 radical (unpaired) electrons. The fourth-order valence-electron chi connectivity index (χ4n) is 1.08. The molecule has 1 rings (SSSR count). The molecule has 5 heteroatoms. The lowest BCUT2D eigenvalue weighted by atomic mass is 10.1. The van der Waals surface area contributed by atoms with Gasteiger partial charge in [0.25, 0.3) is 0 Å². The fraction of sp³-hybridized carbons (Fsp3) is 0.222. The summed E-state index contributed by atoms with van der Waals surface area (Å²) in [6.07, 6.45) is 0. The highest BCUT2D eigenvalue weighted by Crippen LogP contribution is 2.22. The number of nitrogens with two attached hydrogens (primary N) is 1. The molecular formula is C9H12N2O3. The van der Waals surface area contributed by atoms with Gasteiger partial charge in [-0.15, -0.1) is 0 Å². The number of carboxylic acid groups (broad SMARTS) is 1. The second kappa shape index (κ2) is 4.48. The number of aliphatic carboxylic acids is 1. The zero-order chi connectivity index (χ0) is 10.6. The first-order valence-corrected chi connectivity index (χ1v) is 4.10. The van der Waals surface area contributed by atoms with Crippen LogP contribution in [0, 0.1) is 0 Å². The van der Waals surface area contributed by atoms with E-state index in [0.29, 0.717) is 11.3 Å². The topological polar surface area (TPSA) is 95.6 Å². The van der Waals surface area contributed by atoms with E-state index in [1.807, 2.05) is 0 Å². The normalized spacial score (nSPS) is 10.0. The maximum atomic E-state index is 10.2. The van der Waals surface area contributed by atoms with Crippen molar-refractivity contribution in [2.45, 2.75) is 6.54 Å². The highest BCUT2D eigenvalue weighted by atomic mass is 16.4. The van der Waals surface area contributed by atoms with E-state index in [0.717, 1.165) is 0 Å². The number of aromatic hydroxyl groups is 1. The summed E-state index contributed by atoms with van der Waals surface area (Å²) in [6.45, 7) is 0.0819. The average Bonchev–Trinajstić information content (AvgIpc) is 2.09. The van der Waals surface area contributed by atoms with Crippen LogP contribution in [-0.2, 0) is 11.3 Å². The molecule has 5 nitrogen and oxygen atoms in total. The zero-order valence-corrected chi connectivity index (χ0v) is 7.53. The van der Waals surface area contributed by atoms with Crippen LogP contribution in [-0.4, -0.2) is 22.7 Å². The van der Waals surface area contributed by atoms with Crippen molar-refractivity contribution < 1.29 is 15.0 Å². The smallest absolute Gasteiger partial charge is 0.317 e. The van der Waals surface area contributed by atoms with E-state index in [-0.39, 0.29) is 18.8 Å². The molecule has 0 aromatic heterocycles. The van der Waals surface area contributed by atoms with Gasteiger partial charge in [0.1, 0.15) is 5.75 Å². The Hall–Kier alpha value is -1.75. The first kappa shape index (κ1) is 10.3. The number of hydrogen-bond acceptors (Lipinski definition) is 4. The summed E-state index contributed by atoms with van der Waals surface area (Å²) in [5.74, 6) is -0.873. The van der Waals surface area contributed by atoms with Gasteiger partial charge in [-0.2, -0.15) is 0 Å². The third-order valence-corrected chi connectivity index (χ3v) is 1.77. The van der Waals surface area contributed by atoms with Crippen molar-refractivity contribution in [3.63, 3.8) is 0 Å². The molecule has 0 unspecified atom stereocenters. The molecule has 0 aliphatic heterocycles. The number of benzene rings is 1. The highest BCUT2D eigenvalue weighted by molar-refractivity contribution is 5.69. The van der Waals surface area contributed by atoms with Crippen molar-refractivity contribution in [3.05, 3.63) is 23.8 Å². The Labute approximate surface area is 81.2 Å². The summed E-state index contributed by atoms with van der Waals surface area (Å²) in [7, 11) is 0. The van der Waals surface area contributed by atoms with Crippen LogP contribution in [0.4, 0.5) is 5.69 Å². The van der Waals surface area contributed by atoms with Crippen LogP contribution in [0.15, 0.2) is 18.2 Å². The largest absolute Gasteiger partial charge is 0.508 e. The van der Waals surface area contributed by atoms with E-state index in [1.54, 1.807) is 12.1 Å². The average molecular weight is 196 g/mol. The number of carbonyl (C=O) groups is 1. The van der Waals surface area contributed by atoms with Crippen LogP contribution < -0.4 is 11.1 Å². The molecule has 1 aromatic rings. The summed E-state index contributed by atoms with van der Waals surface area (Å²) >= 11 is 0. The summed E-state index contributed by atoms with van der Waals surface area (Å²) in [5, 5.41) is 20.4. The lowest BCUT2D eigenvalue weighted by Crippen LogP contribution is -2.22. The lowest BCUT2D eigenvalue weighted by Gasteiger charge is -2.07. The molecular weight excluding hydrogens is 184 g/mol. The van der Waals surface area contributed by atoms with Crippen LogP contribution in [0.3, 0.4) is 0 Å². The van der Waals surface area contributed by atoms with E-state index in [2.05, 4.69) is 5.32 Å². The van der Waals surface area contributed by atoms with Gasteiger partial charge in [-0.05, 0) is 12.1 Å². The molecule has 0 saturated carbocycles. The Morgan fingerprint density at radius 3 is 2.79 bits per heavy atom. The van der Waals surface area contributed by atoms with Crippen LogP contribution in [0.1, 0.15) is 5.56 Å². The van der Waals surface area contributed by atoms with E-state index >= 15 is 0 Å². The van der Waals surface area contributed by atoms with Crippen molar-refractivity contribution in [1.29, 1.82) is 0 Å². The molecule has 0 heterocycles. The maximum absolute atomic E-state index is 10.2. The van der Waals surface area contributed by atoms with Crippen LogP contribution in [0.5, 0.6) is 5.75 Å². The van der Waals surface area contributed by atoms with Crippen molar-refractivity contribution in [3.8, 4) is 5.75 Å². The number of nitrogen functional groups attached to an aromatic ring is 1. The minimum absolute atomic E-state index is 0.0721. The Kier molecular flexibility index (Phi) is 3.30. The number of phenolic OH excluding ortho intramolecular Hbond substituents is 1. The van der Waals surface area contributed by atoms with E-state index in [1.165, 1.54) is 6.07 Å². The maximum Gasteiger partial charge on any atom is 0.317 e. The Morgan fingerprint density at radius 1 is 1.50 bits per heavy atom. The molecule has 76 valence electrons. The number of rotatable bonds is 4. The van der Waals surface area contributed by atoms with Gasteiger partial charge in [-0.3, -0.25) is 4.79 Å². The van der Waals surface area contributed by atoms with Crippen LogP contribution in [0.2, 0.25) is 0 Å². The molecule has 0 amide bonds. The standard InChI is InChI=1S/C9H12N2O3/c10-7-2-1-3-8(12)6(7)4-11-5-9(13)14/h1-3,11-12H,4-5,10H2,(H,13,14). The molecule has 1 aromatic carbocycles. The number of phenols is 1. The Bertz CT molecular complexity index is 319. The minimum atomic E-state index is -0.945. The van der Waals surface area contributed by atoms with Gasteiger partial charge in [-0.1, -0.05) is 6.07 Å². The van der Waals surface area contributed by atoms with E-state index in [4.69, 9.17) is 10.8 Å². The molecule has 0 bridgehead atoms. The van der Waals surface area contributed by atoms with Gasteiger partial charge in [0, 0.05) is 17.8 Å². The molecule has 0 fully saturated rings. The molecule has 0 atom stereocenters. The number of anilines is 1. The SMILES string of the molecule is Nc1cccc(O)c1CNCC(=O)O. The van der Waals surface area contributed by atoms with Crippen molar-refractivity contribution in [2.75, 3.05) is 12.3 Å². The molecule has 0 saturated heterocycles. The number of hydrogen-bond donors (Lipinski definition) is 4. The van der Waals surface area contributed by atoms with E-state index in [9.17, 15) is 9.90 Å². The van der Waals surface area contributed by atoms with Crippen molar-refractivity contribution in [1.82, 2.24) is 5.32 Å². The van der Waals surface area contributed by atoms with Gasteiger partial charge < -0.3 is 21.3 Å². The third-order valence-electron chi connectivity index (χ3n) is 1.77. The van der Waals surface area contributed by atoms with Gasteiger partial charge >= 0.3 is 5.97 Å². The second-order valence-electron chi connectivity index (χ2n) is 2.84. The monoisotopic (exact) mass is 196 g/mol. The van der Waals surface area contributed by atoms with Gasteiger partial charge in [0.2, 0.25) is 0 Å².